The SMILES string of the molecule is NC(=O)OCC(F)CCO. The molecular formula is C5H10FNO3. The highest BCUT2D eigenvalue weighted by Gasteiger charge is 2.06. The summed E-state index contributed by atoms with van der Waals surface area (Å²) >= 11 is 0. The van der Waals surface area contributed by atoms with Crippen molar-refractivity contribution in [2.75, 3.05) is 13.2 Å². The molecule has 0 saturated heterocycles. The van der Waals surface area contributed by atoms with Crippen LogP contribution >= 0.6 is 0 Å². The third-order valence-electron chi connectivity index (χ3n) is 0.849. The molecule has 10 heavy (non-hydrogen) atoms. The molecule has 0 aromatic rings. The van der Waals surface area contributed by atoms with E-state index in [1.807, 2.05) is 0 Å². The van der Waals surface area contributed by atoms with Gasteiger partial charge in [-0.2, -0.15) is 0 Å². The van der Waals surface area contributed by atoms with Crippen LogP contribution in [-0.2, 0) is 4.74 Å². The van der Waals surface area contributed by atoms with Gasteiger partial charge in [-0.15, -0.1) is 0 Å². The summed E-state index contributed by atoms with van der Waals surface area (Å²) in [6.45, 7) is -0.640. The maximum absolute atomic E-state index is 12.3. The molecule has 0 aromatic carbocycles. The van der Waals surface area contributed by atoms with Gasteiger partial charge >= 0.3 is 6.09 Å². The van der Waals surface area contributed by atoms with Gasteiger partial charge in [0.2, 0.25) is 0 Å². The maximum atomic E-state index is 12.3. The minimum atomic E-state index is -1.32. The molecule has 0 bridgehead atoms. The van der Waals surface area contributed by atoms with Gasteiger partial charge in [-0.1, -0.05) is 0 Å². The molecule has 0 rings (SSSR count). The van der Waals surface area contributed by atoms with Crippen molar-refractivity contribution >= 4 is 6.09 Å². The fraction of sp³-hybridized carbons (Fsp3) is 0.800. The fourth-order valence-electron chi connectivity index (χ4n) is 0.396. The zero-order valence-electron chi connectivity index (χ0n) is 5.42. The Balaban J connectivity index is 3.21. The molecule has 1 atom stereocenters. The van der Waals surface area contributed by atoms with Crippen molar-refractivity contribution in [2.24, 2.45) is 5.73 Å². The molecule has 0 aliphatic heterocycles. The van der Waals surface area contributed by atoms with E-state index in [0.717, 1.165) is 0 Å². The van der Waals surface area contributed by atoms with Crippen LogP contribution in [0.1, 0.15) is 6.42 Å². The molecular weight excluding hydrogens is 141 g/mol. The van der Waals surface area contributed by atoms with E-state index in [1.54, 1.807) is 0 Å². The third-order valence-corrected chi connectivity index (χ3v) is 0.849. The van der Waals surface area contributed by atoms with Crippen LogP contribution < -0.4 is 5.73 Å². The van der Waals surface area contributed by atoms with Crippen molar-refractivity contribution in [3.63, 3.8) is 0 Å². The van der Waals surface area contributed by atoms with E-state index in [1.165, 1.54) is 0 Å². The molecule has 0 aromatic heterocycles. The largest absolute Gasteiger partial charge is 0.447 e. The Morgan fingerprint density at radius 2 is 2.40 bits per heavy atom. The van der Waals surface area contributed by atoms with Crippen LogP contribution in [0.15, 0.2) is 0 Å². The summed E-state index contributed by atoms with van der Waals surface area (Å²) in [4.78, 5) is 9.88. The lowest BCUT2D eigenvalue weighted by atomic mass is 10.3. The number of primary amides is 1. The molecule has 1 unspecified atom stereocenters. The van der Waals surface area contributed by atoms with E-state index in [2.05, 4.69) is 10.5 Å². The van der Waals surface area contributed by atoms with Gasteiger partial charge in [-0.05, 0) is 0 Å². The van der Waals surface area contributed by atoms with Crippen molar-refractivity contribution in [2.45, 2.75) is 12.6 Å². The lowest BCUT2D eigenvalue weighted by Gasteiger charge is -2.04. The number of rotatable bonds is 4. The first-order valence-corrected chi connectivity index (χ1v) is 2.84. The standard InChI is InChI=1S/C5H10FNO3/c6-4(1-2-8)3-10-5(7)9/h4,8H,1-3H2,(H2,7,9). The lowest BCUT2D eigenvalue weighted by molar-refractivity contribution is 0.106. The monoisotopic (exact) mass is 151 g/mol. The normalized spacial score (nSPS) is 12.6. The van der Waals surface area contributed by atoms with Crippen LogP contribution in [0, 0.1) is 0 Å². The molecule has 0 aliphatic carbocycles. The molecule has 0 saturated carbocycles. The number of carbonyl (C=O) groups is 1. The molecule has 3 N–H and O–H groups in total. The highest BCUT2D eigenvalue weighted by Crippen LogP contribution is 1.96. The van der Waals surface area contributed by atoms with Crippen LogP contribution in [0.5, 0.6) is 0 Å². The Kier molecular flexibility index (Phi) is 4.57. The van der Waals surface area contributed by atoms with E-state index >= 15 is 0 Å². The van der Waals surface area contributed by atoms with Gasteiger partial charge in [0.05, 0.1) is 0 Å². The Labute approximate surface area is 57.8 Å². The van der Waals surface area contributed by atoms with Crippen molar-refractivity contribution in [1.29, 1.82) is 0 Å². The first kappa shape index (κ1) is 9.16. The van der Waals surface area contributed by atoms with E-state index < -0.39 is 12.3 Å². The van der Waals surface area contributed by atoms with E-state index in [4.69, 9.17) is 5.11 Å². The van der Waals surface area contributed by atoms with Gasteiger partial charge in [0, 0.05) is 13.0 Å². The Morgan fingerprint density at radius 1 is 1.80 bits per heavy atom. The molecule has 5 heteroatoms. The summed E-state index contributed by atoms with van der Waals surface area (Å²) in [5.74, 6) is 0. The maximum Gasteiger partial charge on any atom is 0.404 e. The number of halogens is 1. The van der Waals surface area contributed by atoms with Crippen LogP contribution in [0.4, 0.5) is 9.18 Å². The van der Waals surface area contributed by atoms with E-state index in [0.29, 0.717) is 0 Å². The van der Waals surface area contributed by atoms with Crippen LogP contribution in [0.3, 0.4) is 0 Å². The smallest absolute Gasteiger partial charge is 0.404 e. The van der Waals surface area contributed by atoms with Gasteiger partial charge in [0.1, 0.15) is 12.8 Å². The first-order chi connectivity index (χ1) is 4.66. The van der Waals surface area contributed by atoms with Gasteiger partial charge in [-0.3, -0.25) is 0 Å². The Hall–Kier alpha value is -0.840. The summed E-state index contributed by atoms with van der Waals surface area (Å²) in [6.07, 6.45) is -2.36. The quantitative estimate of drug-likeness (QED) is 0.584. The predicted molar refractivity (Wildman–Crippen MR) is 32.1 cm³/mol. The Bertz CT molecular complexity index is 109. The zero-order valence-corrected chi connectivity index (χ0v) is 5.42. The number of carbonyl (C=O) groups excluding carboxylic acids is 1. The second-order valence-electron chi connectivity index (χ2n) is 1.74. The fourth-order valence-corrected chi connectivity index (χ4v) is 0.396. The van der Waals surface area contributed by atoms with Gasteiger partial charge in [-0.25, -0.2) is 9.18 Å². The summed E-state index contributed by atoms with van der Waals surface area (Å²) in [5, 5.41) is 8.19. The van der Waals surface area contributed by atoms with Crippen molar-refractivity contribution < 1.29 is 19.0 Å². The molecule has 60 valence electrons. The molecule has 1 amide bonds. The number of aliphatic hydroxyl groups is 1. The average Bonchev–Trinajstić information content (AvgIpc) is 1.85. The second-order valence-corrected chi connectivity index (χ2v) is 1.74. The molecule has 0 heterocycles. The van der Waals surface area contributed by atoms with E-state index in [9.17, 15) is 9.18 Å². The van der Waals surface area contributed by atoms with Crippen LogP contribution in [0.25, 0.3) is 0 Å². The molecule has 0 fully saturated rings. The number of aliphatic hydroxyl groups excluding tert-OH is 1. The zero-order chi connectivity index (χ0) is 7.98. The number of ether oxygens (including phenoxy) is 1. The summed E-state index contributed by atoms with van der Waals surface area (Å²) in [5.41, 5.74) is 4.55. The van der Waals surface area contributed by atoms with Crippen LogP contribution in [-0.4, -0.2) is 30.6 Å². The minimum absolute atomic E-state index is 0.0344. The van der Waals surface area contributed by atoms with Gasteiger partial charge in [0.25, 0.3) is 0 Å². The summed E-state index contributed by atoms with van der Waals surface area (Å²) in [7, 11) is 0. The number of alkyl halides is 1. The minimum Gasteiger partial charge on any atom is -0.447 e. The molecule has 0 radical (unpaired) electrons. The Morgan fingerprint density at radius 3 is 2.80 bits per heavy atom. The number of hydrogen-bond acceptors (Lipinski definition) is 3. The van der Waals surface area contributed by atoms with Crippen LogP contribution in [0.2, 0.25) is 0 Å². The van der Waals surface area contributed by atoms with Crippen molar-refractivity contribution in [3.8, 4) is 0 Å². The predicted octanol–water partition coefficient (Wildman–Crippen LogP) is -0.198. The first-order valence-electron chi connectivity index (χ1n) is 2.84. The third kappa shape index (κ3) is 5.30. The van der Waals surface area contributed by atoms with Gasteiger partial charge in [0.15, 0.2) is 0 Å². The van der Waals surface area contributed by atoms with Crippen molar-refractivity contribution in [3.05, 3.63) is 0 Å². The molecule has 4 nitrogen and oxygen atoms in total. The summed E-state index contributed by atoms with van der Waals surface area (Å²) in [6, 6.07) is 0. The second kappa shape index (κ2) is 4.99. The number of nitrogens with two attached hydrogens (primary N) is 1. The van der Waals surface area contributed by atoms with E-state index in [-0.39, 0.29) is 19.6 Å². The highest BCUT2D eigenvalue weighted by molar-refractivity contribution is 5.64. The average molecular weight is 151 g/mol. The topological polar surface area (TPSA) is 72.6 Å². The van der Waals surface area contributed by atoms with Gasteiger partial charge < -0.3 is 15.6 Å². The number of hydrogen-bond donors (Lipinski definition) is 2. The van der Waals surface area contributed by atoms with Crippen molar-refractivity contribution in [1.82, 2.24) is 0 Å². The molecule has 0 aliphatic rings. The number of amides is 1. The highest BCUT2D eigenvalue weighted by atomic mass is 19.1. The lowest BCUT2D eigenvalue weighted by Crippen LogP contribution is -2.20. The summed E-state index contributed by atoms with van der Waals surface area (Å²) < 4.78 is 16.4. The molecule has 0 spiro atoms.